The molecular formula is C15H18N2O4S. The van der Waals surface area contributed by atoms with Gasteiger partial charge in [-0.15, -0.1) is 11.3 Å². The summed E-state index contributed by atoms with van der Waals surface area (Å²) < 4.78 is 0. The Balaban J connectivity index is 1.63. The van der Waals surface area contributed by atoms with Crippen LogP contribution < -0.4 is 10.9 Å². The van der Waals surface area contributed by atoms with Gasteiger partial charge in [-0.25, -0.2) is 0 Å². The number of hydrogen-bond donors (Lipinski definition) is 3. The molecule has 4 atom stereocenters. The average molecular weight is 322 g/mol. The molecule has 2 aliphatic carbocycles. The van der Waals surface area contributed by atoms with E-state index < -0.39 is 17.8 Å². The van der Waals surface area contributed by atoms with Gasteiger partial charge in [0.25, 0.3) is 5.91 Å². The first-order valence-electron chi connectivity index (χ1n) is 7.36. The number of hydrazine groups is 1. The molecule has 1 aromatic heterocycles. The third-order valence-corrected chi connectivity index (χ3v) is 5.89. The highest BCUT2D eigenvalue weighted by molar-refractivity contribution is 7.12. The maximum Gasteiger partial charge on any atom is 0.307 e. The summed E-state index contributed by atoms with van der Waals surface area (Å²) in [5, 5.41) is 11.2. The molecule has 3 rings (SSSR count). The van der Waals surface area contributed by atoms with Crippen LogP contribution in [0.2, 0.25) is 0 Å². The number of rotatable bonds is 3. The minimum Gasteiger partial charge on any atom is -0.481 e. The maximum absolute atomic E-state index is 12.3. The Bertz CT molecular complexity index is 627. The molecule has 1 aromatic rings. The zero-order valence-corrected chi connectivity index (χ0v) is 13.0. The van der Waals surface area contributed by atoms with Crippen LogP contribution in [0.1, 0.15) is 34.5 Å². The van der Waals surface area contributed by atoms with Crippen molar-refractivity contribution in [3.8, 4) is 0 Å². The third-order valence-electron chi connectivity index (χ3n) is 4.87. The molecule has 2 aliphatic rings. The zero-order valence-electron chi connectivity index (χ0n) is 12.2. The summed E-state index contributed by atoms with van der Waals surface area (Å²) in [4.78, 5) is 36.3. The molecule has 2 fully saturated rings. The van der Waals surface area contributed by atoms with E-state index in [1.54, 1.807) is 0 Å². The lowest BCUT2D eigenvalue weighted by Gasteiger charge is -2.26. The van der Waals surface area contributed by atoms with Crippen LogP contribution in [0.4, 0.5) is 0 Å². The highest BCUT2D eigenvalue weighted by Gasteiger charge is 2.54. The molecule has 0 spiro atoms. The van der Waals surface area contributed by atoms with Crippen molar-refractivity contribution < 1.29 is 19.5 Å². The van der Waals surface area contributed by atoms with Crippen molar-refractivity contribution in [1.82, 2.24) is 10.9 Å². The van der Waals surface area contributed by atoms with E-state index >= 15 is 0 Å². The number of carboxylic acids is 1. The molecular weight excluding hydrogens is 304 g/mol. The van der Waals surface area contributed by atoms with Crippen LogP contribution in [0.15, 0.2) is 11.4 Å². The third kappa shape index (κ3) is 2.49. The highest BCUT2D eigenvalue weighted by atomic mass is 32.1. The van der Waals surface area contributed by atoms with E-state index in [2.05, 4.69) is 10.9 Å². The molecule has 0 radical (unpaired) electrons. The molecule has 0 aromatic carbocycles. The van der Waals surface area contributed by atoms with Crippen LogP contribution >= 0.6 is 11.3 Å². The second kappa shape index (κ2) is 5.72. The van der Waals surface area contributed by atoms with Gasteiger partial charge in [-0.1, -0.05) is 0 Å². The first-order chi connectivity index (χ1) is 10.5. The van der Waals surface area contributed by atoms with E-state index in [0.717, 1.165) is 24.8 Å². The molecule has 7 heteroatoms. The second-order valence-electron chi connectivity index (χ2n) is 6.10. The van der Waals surface area contributed by atoms with Crippen LogP contribution in [0, 0.1) is 30.6 Å². The first kappa shape index (κ1) is 15.0. The normalized spacial score (nSPS) is 29.3. The largest absolute Gasteiger partial charge is 0.481 e. The zero-order chi connectivity index (χ0) is 15.9. The number of carboxylic acid groups (broad SMARTS) is 1. The van der Waals surface area contributed by atoms with Crippen molar-refractivity contribution >= 4 is 29.1 Å². The summed E-state index contributed by atoms with van der Waals surface area (Å²) in [6.07, 6.45) is 2.57. The number of fused-ring (bicyclic) bond motifs is 2. The molecule has 2 saturated carbocycles. The van der Waals surface area contributed by atoms with Crippen molar-refractivity contribution in [2.75, 3.05) is 0 Å². The first-order valence-corrected chi connectivity index (χ1v) is 8.24. The molecule has 2 bridgehead atoms. The monoisotopic (exact) mass is 322 g/mol. The van der Waals surface area contributed by atoms with Gasteiger partial charge in [0, 0.05) is 0 Å². The quantitative estimate of drug-likeness (QED) is 0.736. The molecule has 0 aliphatic heterocycles. The summed E-state index contributed by atoms with van der Waals surface area (Å²) >= 11 is 1.30. The number of carbonyl (C=O) groups is 3. The lowest BCUT2D eigenvalue weighted by Crippen LogP contribution is -2.48. The number of nitrogens with one attached hydrogen (secondary N) is 2. The van der Waals surface area contributed by atoms with Gasteiger partial charge in [-0.2, -0.15) is 0 Å². The Morgan fingerprint density at radius 2 is 1.86 bits per heavy atom. The van der Waals surface area contributed by atoms with Crippen LogP contribution in [0.25, 0.3) is 0 Å². The van der Waals surface area contributed by atoms with Crippen LogP contribution in [0.5, 0.6) is 0 Å². The second-order valence-corrected chi connectivity index (χ2v) is 7.02. The van der Waals surface area contributed by atoms with E-state index in [1.807, 2.05) is 18.4 Å². The Morgan fingerprint density at radius 3 is 2.45 bits per heavy atom. The maximum atomic E-state index is 12.3. The van der Waals surface area contributed by atoms with Gasteiger partial charge < -0.3 is 5.11 Å². The van der Waals surface area contributed by atoms with Gasteiger partial charge >= 0.3 is 5.97 Å². The molecule has 22 heavy (non-hydrogen) atoms. The Hall–Kier alpha value is -1.89. The van der Waals surface area contributed by atoms with E-state index in [1.165, 1.54) is 11.3 Å². The van der Waals surface area contributed by atoms with Gasteiger partial charge in [0.1, 0.15) is 0 Å². The molecule has 6 nitrogen and oxygen atoms in total. The minimum absolute atomic E-state index is 0.0912. The van der Waals surface area contributed by atoms with E-state index in [4.69, 9.17) is 0 Å². The standard InChI is InChI=1S/C15H18N2O4S/c1-7-4-5-22-12(7)14(19)17-16-13(18)10-8-2-3-9(6-8)11(10)15(20)21/h4-5,8-11H,2-3,6H2,1H3,(H,16,18)(H,17,19)(H,20,21)/t8-,9-,10-,11-/m0/s1. The molecule has 0 saturated heterocycles. The molecule has 0 unspecified atom stereocenters. The number of carbonyl (C=O) groups excluding carboxylic acids is 2. The Kier molecular flexibility index (Phi) is 3.90. The number of thiophene rings is 1. The van der Waals surface area contributed by atoms with Gasteiger partial charge in [0.05, 0.1) is 16.7 Å². The molecule has 118 valence electrons. The van der Waals surface area contributed by atoms with Crippen molar-refractivity contribution in [3.63, 3.8) is 0 Å². The molecule has 3 N–H and O–H groups in total. The van der Waals surface area contributed by atoms with E-state index in [-0.39, 0.29) is 23.7 Å². The van der Waals surface area contributed by atoms with Gasteiger partial charge in [0.15, 0.2) is 0 Å². The fourth-order valence-electron chi connectivity index (χ4n) is 3.89. The van der Waals surface area contributed by atoms with Crippen molar-refractivity contribution in [2.24, 2.45) is 23.7 Å². The number of hydrogen-bond acceptors (Lipinski definition) is 4. The van der Waals surface area contributed by atoms with E-state index in [0.29, 0.717) is 4.88 Å². The number of aryl methyl sites for hydroxylation is 1. The number of aliphatic carboxylic acids is 1. The fourth-order valence-corrected chi connectivity index (χ4v) is 4.71. The molecule has 1 heterocycles. The fraction of sp³-hybridized carbons (Fsp3) is 0.533. The lowest BCUT2D eigenvalue weighted by atomic mass is 9.79. The van der Waals surface area contributed by atoms with Gasteiger partial charge in [-0.05, 0) is 55.0 Å². The summed E-state index contributed by atoms with van der Waals surface area (Å²) in [6, 6.07) is 1.83. The molecule has 2 amide bonds. The van der Waals surface area contributed by atoms with Gasteiger partial charge in [-0.3, -0.25) is 25.2 Å². The number of amides is 2. The summed E-state index contributed by atoms with van der Waals surface area (Å²) in [6.45, 7) is 1.82. The Morgan fingerprint density at radius 1 is 1.18 bits per heavy atom. The summed E-state index contributed by atoms with van der Waals surface area (Å²) in [5.74, 6) is -2.62. The van der Waals surface area contributed by atoms with E-state index in [9.17, 15) is 19.5 Å². The van der Waals surface area contributed by atoms with Crippen LogP contribution in [0.3, 0.4) is 0 Å². The summed E-state index contributed by atoms with van der Waals surface area (Å²) in [7, 11) is 0. The smallest absolute Gasteiger partial charge is 0.307 e. The van der Waals surface area contributed by atoms with Crippen molar-refractivity contribution in [2.45, 2.75) is 26.2 Å². The SMILES string of the molecule is Cc1ccsc1C(=O)NNC(=O)[C@H]1[C@H]2CC[C@@H](C2)[C@@H]1C(=O)O. The predicted molar refractivity (Wildman–Crippen MR) is 80.1 cm³/mol. The van der Waals surface area contributed by atoms with Crippen LogP contribution in [-0.2, 0) is 9.59 Å². The minimum atomic E-state index is -0.909. The van der Waals surface area contributed by atoms with Crippen molar-refractivity contribution in [1.29, 1.82) is 0 Å². The topological polar surface area (TPSA) is 95.5 Å². The lowest BCUT2D eigenvalue weighted by molar-refractivity contribution is -0.149. The summed E-state index contributed by atoms with van der Waals surface area (Å²) in [5.41, 5.74) is 5.66. The van der Waals surface area contributed by atoms with Gasteiger partial charge in [0.2, 0.25) is 5.91 Å². The highest BCUT2D eigenvalue weighted by Crippen LogP contribution is 2.52. The average Bonchev–Trinajstić information content (AvgIpc) is 3.18. The van der Waals surface area contributed by atoms with Crippen LogP contribution in [-0.4, -0.2) is 22.9 Å². The predicted octanol–water partition coefficient (Wildman–Crippen LogP) is 1.56. The Labute approximate surface area is 131 Å². The van der Waals surface area contributed by atoms with Crippen molar-refractivity contribution in [3.05, 3.63) is 21.9 Å².